The molecule has 9 heteroatoms. The van der Waals surface area contributed by atoms with E-state index in [-0.39, 0.29) is 17.3 Å². The maximum atomic E-state index is 11.7. The lowest BCUT2D eigenvalue weighted by molar-refractivity contribution is -0.176. The molecule has 1 aromatic rings. The highest BCUT2D eigenvalue weighted by Crippen LogP contribution is 2.16. The zero-order valence-electron chi connectivity index (χ0n) is 7.87. The zero-order chi connectivity index (χ0) is 12.2. The Hall–Kier alpha value is -1.19. The van der Waals surface area contributed by atoms with Crippen molar-refractivity contribution in [3.8, 4) is 0 Å². The number of nitrogens with zero attached hydrogens (tertiary/aromatic N) is 1. The first kappa shape index (κ1) is 12.9. The van der Waals surface area contributed by atoms with Crippen LogP contribution in [0, 0.1) is 0 Å². The van der Waals surface area contributed by atoms with Crippen LogP contribution in [0.25, 0.3) is 0 Å². The van der Waals surface area contributed by atoms with Gasteiger partial charge in [0.15, 0.2) is 5.01 Å². The SMILES string of the molecule is NNC(=O)c1nc(COCC(F)(F)F)cs1. The van der Waals surface area contributed by atoms with E-state index in [4.69, 9.17) is 5.84 Å². The summed E-state index contributed by atoms with van der Waals surface area (Å²) in [5.74, 6) is 4.27. The molecule has 0 aromatic carbocycles. The second-order valence-corrected chi connectivity index (χ2v) is 3.58. The number of nitrogens with two attached hydrogens (primary N) is 1. The Morgan fingerprint density at radius 3 is 2.88 bits per heavy atom. The number of thiazole rings is 1. The highest BCUT2D eigenvalue weighted by atomic mass is 32.1. The summed E-state index contributed by atoms with van der Waals surface area (Å²) in [5, 5.41) is 1.51. The van der Waals surface area contributed by atoms with Gasteiger partial charge >= 0.3 is 6.18 Å². The van der Waals surface area contributed by atoms with Gasteiger partial charge in [-0.1, -0.05) is 0 Å². The van der Waals surface area contributed by atoms with Gasteiger partial charge in [-0.05, 0) is 0 Å². The van der Waals surface area contributed by atoms with Gasteiger partial charge in [0.05, 0.1) is 12.3 Å². The molecule has 0 atom stereocenters. The number of aromatic nitrogens is 1. The number of rotatable bonds is 4. The third-order valence-corrected chi connectivity index (χ3v) is 2.28. The molecule has 5 nitrogen and oxygen atoms in total. The lowest BCUT2D eigenvalue weighted by Gasteiger charge is -2.05. The first-order chi connectivity index (χ1) is 7.42. The molecular formula is C7H8F3N3O2S. The van der Waals surface area contributed by atoms with E-state index in [1.165, 1.54) is 5.38 Å². The molecule has 0 saturated heterocycles. The molecule has 0 aliphatic carbocycles. The van der Waals surface area contributed by atoms with Gasteiger partial charge < -0.3 is 4.74 Å². The fraction of sp³-hybridized carbons (Fsp3) is 0.429. The number of carbonyl (C=O) groups is 1. The molecule has 16 heavy (non-hydrogen) atoms. The Morgan fingerprint density at radius 2 is 2.31 bits per heavy atom. The number of hydrogen-bond donors (Lipinski definition) is 2. The third-order valence-electron chi connectivity index (χ3n) is 1.39. The van der Waals surface area contributed by atoms with Crippen molar-refractivity contribution in [2.75, 3.05) is 6.61 Å². The van der Waals surface area contributed by atoms with Gasteiger partial charge in [-0.3, -0.25) is 10.2 Å². The van der Waals surface area contributed by atoms with Crippen molar-refractivity contribution in [2.45, 2.75) is 12.8 Å². The van der Waals surface area contributed by atoms with E-state index in [9.17, 15) is 18.0 Å². The second kappa shape index (κ2) is 5.23. The summed E-state index contributed by atoms with van der Waals surface area (Å²) in [6.45, 7) is -1.64. The average molecular weight is 255 g/mol. The number of alkyl halides is 3. The van der Waals surface area contributed by atoms with Crippen LogP contribution in [-0.4, -0.2) is 23.7 Å². The van der Waals surface area contributed by atoms with Crippen LogP contribution >= 0.6 is 11.3 Å². The summed E-state index contributed by atoms with van der Waals surface area (Å²) in [6, 6.07) is 0. The largest absolute Gasteiger partial charge is 0.411 e. The number of nitrogen functional groups attached to an aromatic ring is 1. The number of ether oxygens (including phenoxy) is 1. The van der Waals surface area contributed by atoms with Crippen molar-refractivity contribution < 1.29 is 22.7 Å². The molecule has 0 unspecified atom stereocenters. The van der Waals surface area contributed by atoms with Crippen molar-refractivity contribution in [1.82, 2.24) is 10.4 Å². The molecule has 0 saturated carbocycles. The van der Waals surface area contributed by atoms with E-state index in [0.717, 1.165) is 11.3 Å². The van der Waals surface area contributed by atoms with E-state index < -0.39 is 18.7 Å². The maximum absolute atomic E-state index is 11.7. The molecule has 0 aliphatic heterocycles. The van der Waals surface area contributed by atoms with Gasteiger partial charge in [0, 0.05) is 5.38 Å². The van der Waals surface area contributed by atoms with E-state index in [2.05, 4.69) is 9.72 Å². The maximum Gasteiger partial charge on any atom is 0.411 e. The van der Waals surface area contributed by atoms with Crippen LogP contribution in [0.15, 0.2) is 5.38 Å². The number of halogens is 3. The minimum Gasteiger partial charge on any atom is -0.366 e. The second-order valence-electron chi connectivity index (χ2n) is 2.73. The summed E-state index contributed by atoms with van der Waals surface area (Å²) >= 11 is 0.976. The van der Waals surface area contributed by atoms with Crippen LogP contribution in [0.3, 0.4) is 0 Å². The minimum atomic E-state index is -4.37. The molecule has 3 N–H and O–H groups in total. The Kier molecular flexibility index (Phi) is 4.21. The summed E-state index contributed by atoms with van der Waals surface area (Å²) < 4.78 is 39.5. The van der Waals surface area contributed by atoms with E-state index >= 15 is 0 Å². The van der Waals surface area contributed by atoms with Crippen LogP contribution in [0.2, 0.25) is 0 Å². The molecule has 90 valence electrons. The minimum absolute atomic E-state index is 0.0770. The van der Waals surface area contributed by atoms with Crippen molar-refractivity contribution in [3.05, 3.63) is 16.1 Å². The van der Waals surface area contributed by atoms with Crippen LogP contribution in [0.4, 0.5) is 13.2 Å². The fourth-order valence-corrected chi connectivity index (χ4v) is 1.51. The summed E-state index contributed by atoms with van der Waals surface area (Å²) in [7, 11) is 0. The van der Waals surface area contributed by atoms with E-state index in [0.29, 0.717) is 0 Å². The Balaban J connectivity index is 2.44. The zero-order valence-corrected chi connectivity index (χ0v) is 8.69. The first-order valence-electron chi connectivity index (χ1n) is 4.02. The smallest absolute Gasteiger partial charge is 0.366 e. The molecule has 0 radical (unpaired) electrons. The summed E-state index contributed by atoms with van der Waals surface area (Å²) in [6.07, 6.45) is -4.37. The van der Waals surface area contributed by atoms with Gasteiger partial charge in [0.25, 0.3) is 5.91 Å². The Bertz CT molecular complexity index is 366. The summed E-state index contributed by atoms with van der Waals surface area (Å²) in [4.78, 5) is 14.7. The standard InChI is InChI=1S/C7H8F3N3O2S/c8-7(9,10)3-15-1-4-2-16-6(12-4)5(14)13-11/h2H,1,3,11H2,(H,13,14). The molecule has 1 amide bonds. The van der Waals surface area contributed by atoms with Crippen LogP contribution in [-0.2, 0) is 11.3 Å². The lowest BCUT2D eigenvalue weighted by Crippen LogP contribution is -2.29. The van der Waals surface area contributed by atoms with Crippen molar-refractivity contribution in [3.63, 3.8) is 0 Å². The van der Waals surface area contributed by atoms with Crippen molar-refractivity contribution >= 4 is 17.2 Å². The summed E-state index contributed by atoms with van der Waals surface area (Å²) in [5.41, 5.74) is 2.12. The molecular weight excluding hydrogens is 247 g/mol. The highest BCUT2D eigenvalue weighted by molar-refractivity contribution is 7.11. The van der Waals surface area contributed by atoms with Gasteiger partial charge in [0.2, 0.25) is 0 Å². The van der Waals surface area contributed by atoms with Gasteiger partial charge in [-0.2, -0.15) is 13.2 Å². The Labute approximate surface area is 92.4 Å². The molecule has 0 spiro atoms. The molecule has 1 rings (SSSR count). The van der Waals surface area contributed by atoms with Crippen molar-refractivity contribution in [2.24, 2.45) is 5.84 Å². The molecule has 1 heterocycles. The normalized spacial score (nSPS) is 11.5. The van der Waals surface area contributed by atoms with Crippen LogP contribution in [0.5, 0.6) is 0 Å². The van der Waals surface area contributed by atoms with Gasteiger partial charge in [-0.25, -0.2) is 10.8 Å². The number of hydrogen-bond acceptors (Lipinski definition) is 5. The predicted molar refractivity (Wildman–Crippen MR) is 49.5 cm³/mol. The van der Waals surface area contributed by atoms with E-state index in [1.807, 2.05) is 5.43 Å². The Morgan fingerprint density at radius 1 is 1.62 bits per heavy atom. The van der Waals surface area contributed by atoms with Gasteiger partial charge in [0.1, 0.15) is 6.61 Å². The molecule has 0 aliphatic rings. The number of nitrogens with one attached hydrogen (secondary N) is 1. The molecule has 0 fully saturated rings. The lowest BCUT2D eigenvalue weighted by atomic mass is 10.5. The quantitative estimate of drug-likeness (QED) is 0.474. The van der Waals surface area contributed by atoms with Crippen LogP contribution < -0.4 is 11.3 Å². The van der Waals surface area contributed by atoms with E-state index in [1.54, 1.807) is 0 Å². The molecule has 1 aromatic heterocycles. The first-order valence-corrected chi connectivity index (χ1v) is 4.90. The number of carbonyl (C=O) groups excluding carboxylic acids is 1. The average Bonchev–Trinajstić information content (AvgIpc) is 2.63. The molecule has 0 bridgehead atoms. The number of hydrazine groups is 1. The third kappa shape index (κ3) is 4.13. The predicted octanol–water partition coefficient (Wildman–Crippen LogP) is 0.825. The van der Waals surface area contributed by atoms with Crippen molar-refractivity contribution in [1.29, 1.82) is 0 Å². The van der Waals surface area contributed by atoms with Gasteiger partial charge in [-0.15, -0.1) is 11.3 Å². The highest BCUT2D eigenvalue weighted by Gasteiger charge is 2.27. The topological polar surface area (TPSA) is 77.2 Å². The monoisotopic (exact) mass is 255 g/mol. The fourth-order valence-electron chi connectivity index (χ4n) is 0.811. The number of amides is 1. The van der Waals surface area contributed by atoms with Crippen LogP contribution in [0.1, 0.15) is 15.5 Å².